The van der Waals surface area contributed by atoms with E-state index in [4.69, 9.17) is 18.8 Å². The van der Waals surface area contributed by atoms with Crippen LogP contribution < -0.4 is 10.2 Å². The quantitative estimate of drug-likeness (QED) is 0.491. The summed E-state index contributed by atoms with van der Waals surface area (Å²) >= 11 is 0. The maximum atomic E-state index is 13.6. The Labute approximate surface area is 239 Å². The van der Waals surface area contributed by atoms with Gasteiger partial charge in [-0.1, -0.05) is 42.5 Å². The Hall–Kier alpha value is -3.04. The molecule has 0 N–H and O–H groups in total. The molecule has 2 aliphatic heterocycles. The van der Waals surface area contributed by atoms with Crippen LogP contribution in [0.2, 0.25) is 0 Å². The van der Waals surface area contributed by atoms with Crippen molar-refractivity contribution in [2.24, 2.45) is 0 Å². The number of benzene rings is 2. The van der Waals surface area contributed by atoms with Gasteiger partial charge in [-0.25, -0.2) is 4.79 Å². The Bertz CT molecular complexity index is 1190. The number of amides is 2. The molecule has 2 saturated heterocycles. The summed E-state index contributed by atoms with van der Waals surface area (Å²) in [5.74, 6) is 0.629. The molecule has 0 unspecified atom stereocenters. The van der Waals surface area contributed by atoms with Gasteiger partial charge < -0.3 is 28.6 Å². The predicted molar refractivity (Wildman–Crippen MR) is 156 cm³/mol. The Morgan fingerprint density at radius 3 is 2.25 bits per heavy atom. The zero-order valence-electron chi connectivity index (χ0n) is 25.2. The van der Waals surface area contributed by atoms with Crippen molar-refractivity contribution in [1.82, 2.24) is 9.80 Å². The van der Waals surface area contributed by atoms with Crippen LogP contribution >= 0.6 is 0 Å². The third kappa shape index (κ3) is 6.99. The summed E-state index contributed by atoms with van der Waals surface area (Å²) in [6.07, 6.45) is -0.185. The first-order valence-electron chi connectivity index (χ1n) is 14.1. The molecule has 2 aromatic carbocycles. The van der Waals surface area contributed by atoms with E-state index in [1.165, 1.54) is 0 Å². The van der Waals surface area contributed by atoms with Crippen LogP contribution in [-0.4, -0.2) is 71.4 Å². The standard InChI is InChI=1S/C31H43BN2O6/c1-22-20-33(16-17-34(22)28(36)38-29(2,3)4)27(35)19-24-18-25(32-39-30(5,6)31(7,8)40-32)14-15-26(24)37-21-23-12-10-9-11-13-23/h9-15,18,22H,16-17,19-21H2,1-8H3/t22-/m1/s1. The van der Waals surface area contributed by atoms with Crippen LogP contribution in [0.3, 0.4) is 0 Å². The van der Waals surface area contributed by atoms with E-state index in [0.29, 0.717) is 32.0 Å². The molecule has 2 amide bonds. The fourth-order valence-electron chi connectivity index (χ4n) is 4.79. The summed E-state index contributed by atoms with van der Waals surface area (Å²) in [6.45, 7) is 17.3. The van der Waals surface area contributed by atoms with Gasteiger partial charge in [0.1, 0.15) is 18.0 Å². The Morgan fingerprint density at radius 1 is 1.00 bits per heavy atom. The fraction of sp³-hybridized carbons (Fsp3) is 0.548. The zero-order valence-corrected chi connectivity index (χ0v) is 25.2. The number of rotatable bonds is 6. The highest BCUT2D eigenvalue weighted by molar-refractivity contribution is 6.62. The van der Waals surface area contributed by atoms with Gasteiger partial charge in [-0.15, -0.1) is 0 Å². The third-order valence-corrected chi connectivity index (χ3v) is 7.80. The van der Waals surface area contributed by atoms with E-state index in [9.17, 15) is 9.59 Å². The zero-order chi connectivity index (χ0) is 29.3. The van der Waals surface area contributed by atoms with E-state index in [-0.39, 0.29) is 24.5 Å². The van der Waals surface area contributed by atoms with Crippen molar-refractivity contribution >= 4 is 24.6 Å². The van der Waals surface area contributed by atoms with Gasteiger partial charge in [0.2, 0.25) is 5.91 Å². The topological polar surface area (TPSA) is 77.5 Å². The summed E-state index contributed by atoms with van der Waals surface area (Å²) in [7, 11) is -0.542. The first kappa shape index (κ1) is 29.9. The molecule has 9 heteroatoms. The monoisotopic (exact) mass is 550 g/mol. The van der Waals surface area contributed by atoms with Crippen molar-refractivity contribution in [3.63, 3.8) is 0 Å². The second kappa shape index (κ2) is 11.5. The average Bonchev–Trinajstić information content (AvgIpc) is 3.09. The molecule has 8 nitrogen and oxygen atoms in total. The van der Waals surface area contributed by atoms with Gasteiger partial charge in [0.25, 0.3) is 0 Å². The summed E-state index contributed by atoms with van der Waals surface area (Å²) < 4.78 is 24.3. The molecule has 0 radical (unpaired) electrons. The van der Waals surface area contributed by atoms with Gasteiger partial charge >= 0.3 is 13.2 Å². The molecule has 1 atom stereocenters. The van der Waals surface area contributed by atoms with Gasteiger partial charge in [0.15, 0.2) is 0 Å². The normalized spacial score (nSPS) is 20.4. The minimum absolute atomic E-state index is 0.0219. The van der Waals surface area contributed by atoms with Crippen molar-refractivity contribution in [3.05, 3.63) is 59.7 Å². The van der Waals surface area contributed by atoms with Crippen molar-refractivity contribution in [2.75, 3.05) is 19.6 Å². The second-order valence-corrected chi connectivity index (χ2v) is 12.8. The largest absolute Gasteiger partial charge is 0.494 e. The highest BCUT2D eigenvalue weighted by Gasteiger charge is 2.51. The van der Waals surface area contributed by atoms with Crippen molar-refractivity contribution in [2.45, 2.75) is 91.3 Å². The molecule has 0 bridgehead atoms. The number of carbonyl (C=O) groups excluding carboxylic acids is 2. The molecule has 2 heterocycles. The molecule has 0 aromatic heterocycles. The average molecular weight is 551 g/mol. The summed E-state index contributed by atoms with van der Waals surface area (Å²) in [5.41, 5.74) is 1.15. The van der Waals surface area contributed by atoms with E-state index < -0.39 is 23.9 Å². The molecule has 0 saturated carbocycles. The minimum Gasteiger partial charge on any atom is -0.489 e. The summed E-state index contributed by atoms with van der Waals surface area (Å²) in [5, 5.41) is 0. The predicted octanol–water partition coefficient (Wildman–Crippen LogP) is 4.58. The van der Waals surface area contributed by atoms with E-state index in [0.717, 1.165) is 16.6 Å². The summed E-state index contributed by atoms with van der Waals surface area (Å²) in [4.78, 5) is 29.7. The van der Waals surface area contributed by atoms with E-state index in [2.05, 4.69) is 0 Å². The highest BCUT2D eigenvalue weighted by Crippen LogP contribution is 2.37. The molecule has 4 rings (SSSR count). The van der Waals surface area contributed by atoms with Crippen molar-refractivity contribution in [3.8, 4) is 5.75 Å². The van der Waals surface area contributed by atoms with Crippen LogP contribution in [0.5, 0.6) is 5.75 Å². The van der Waals surface area contributed by atoms with Crippen molar-refractivity contribution < 1.29 is 28.4 Å². The Morgan fingerprint density at radius 2 is 1.65 bits per heavy atom. The number of nitrogens with zero attached hydrogens (tertiary/aromatic N) is 2. The van der Waals surface area contributed by atoms with Crippen LogP contribution in [0.4, 0.5) is 4.79 Å². The highest BCUT2D eigenvalue weighted by atomic mass is 16.7. The molecule has 2 aliphatic rings. The van der Waals surface area contributed by atoms with Gasteiger partial charge in [-0.2, -0.15) is 0 Å². The van der Waals surface area contributed by atoms with Gasteiger partial charge in [0, 0.05) is 31.2 Å². The van der Waals surface area contributed by atoms with Crippen LogP contribution in [-0.2, 0) is 31.9 Å². The van der Waals surface area contributed by atoms with Crippen LogP contribution in [0.15, 0.2) is 48.5 Å². The van der Waals surface area contributed by atoms with Crippen LogP contribution in [0.1, 0.15) is 66.5 Å². The first-order chi connectivity index (χ1) is 18.6. The number of hydrogen-bond donors (Lipinski definition) is 0. The van der Waals surface area contributed by atoms with Gasteiger partial charge in [-0.3, -0.25) is 4.79 Å². The molecule has 216 valence electrons. The Kier molecular flexibility index (Phi) is 8.57. The van der Waals surface area contributed by atoms with E-state index in [1.807, 2.05) is 109 Å². The lowest BCUT2D eigenvalue weighted by Crippen LogP contribution is -2.56. The Balaban J connectivity index is 1.50. The smallest absolute Gasteiger partial charge is 0.489 e. The maximum absolute atomic E-state index is 13.6. The number of piperazine rings is 1. The molecular weight excluding hydrogens is 507 g/mol. The van der Waals surface area contributed by atoms with Crippen LogP contribution in [0, 0.1) is 0 Å². The lowest BCUT2D eigenvalue weighted by molar-refractivity contribution is -0.133. The molecule has 2 fully saturated rings. The molecule has 2 aromatic rings. The lowest BCUT2D eigenvalue weighted by atomic mass is 9.78. The second-order valence-electron chi connectivity index (χ2n) is 12.8. The van der Waals surface area contributed by atoms with Gasteiger partial charge in [0.05, 0.1) is 17.6 Å². The first-order valence-corrected chi connectivity index (χ1v) is 14.1. The summed E-state index contributed by atoms with van der Waals surface area (Å²) in [6, 6.07) is 15.6. The molecule has 0 aliphatic carbocycles. The van der Waals surface area contributed by atoms with E-state index >= 15 is 0 Å². The lowest BCUT2D eigenvalue weighted by Gasteiger charge is -2.40. The molecule has 40 heavy (non-hydrogen) atoms. The van der Waals surface area contributed by atoms with Crippen molar-refractivity contribution in [1.29, 1.82) is 0 Å². The minimum atomic E-state index is -0.567. The third-order valence-electron chi connectivity index (χ3n) is 7.80. The number of ether oxygens (including phenoxy) is 2. The fourth-order valence-corrected chi connectivity index (χ4v) is 4.79. The molecular formula is C31H43BN2O6. The molecule has 0 spiro atoms. The van der Waals surface area contributed by atoms with E-state index in [1.54, 1.807) is 4.90 Å². The number of hydrogen-bond acceptors (Lipinski definition) is 6. The number of carbonyl (C=O) groups is 2. The SMILES string of the molecule is C[C@@H]1CN(C(=O)Cc2cc(B3OC(C)(C)C(C)(C)O3)ccc2OCc2ccccc2)CCN1C(=O)OC(C)(C)C. The van der Waals surface area contributed by atoms with Gasteiger partial charge in [-0.05, 0) is 72.5 Å². The maximum Gasteiger partial charge on any atom is 0.494 e. The van der Waals surface area contributed by atoms with Crippen LogP contribution in [0.25, 0.3) is 0 Å².